The van der Waals surface area contributed by atoms with Gasteiger partial charge in [-0.25, -0.2) is 4.79 Å². The van der Waals surface area contributed by atoms with Gasteiger partial charge in [-0.05, 0) is 40.7 Å². The molecule has 0 saturated heterocycles. The van der Waals surface area contributed by atoms with Crippen molar-refractivity contribution in [2.24, 2.45) is 0 Å². The largest absolute Gasteiger partial charge is 0.461 e. The van der Waals surface area contributed by atoms with Crippen molar-refractivity contribution < 1.29 is 18.4 Å². The first-order chi connectivity index (χ1) is 8.35. The molecule has 0 aromatic heterocycles. The predicted molar refractivity (Wildman–Crippen MR) is 74.5 cm³/mol. The van der Waals surface area contributed by atoms with Crippen molar-refractivity contribution in [3.63, 3.8) is 0 Å². The molecule has 0 amide bonds. The lowest BCUT2D eigenvalue weighted by Crippen LogP contribution is -2.50. The highest BCUT2D eigenvalue weighted by molar-refractivity contribution is 6.67. The quantitative estimate of drug-likeness (QED) is 0.388. The molecule has 0 aliphatic rings. The van der Waals surface area contributed by atoms with Crippen LogP contribution in [0.1, 0.15) is 41.5 Å². The highest BCUT2D eigenvalue weighted by Crippen LogP contribution is 2.18. The Morgan fingerprint density at radius 3 is 2.00 bits per heavy atom. The van der Waals surface area contributed by atoms with Crippen LogP contribution in [-0.2, 0) is 18.4 Å². The van der Waals surface area contributed by atoms with Crippen LogP contribution in [0.3, 0.4) is 0 Å². The second kappa shape index (κ2) is 8.45. The summed E-state index contributed by atoms with van der Waals surface area (Å²) >= 11 is 0. The minimum absolute atomic E-state index is 0.0655. The summed E-state index contributed by atoms with van der Waals surface area (Å²) in [4.78, 5) is 11.4. The molecule has 0 spiro atoms. The average Bonchev–Trinajstić information content (AvgIpc) is 2.25. The molecule has 0 aliphatic carbocycles. The van der Waals surface area contributed by atoms with Crippen molar-refractivity contribution in [1.82, 2.24) is 0 Å². The molecule has 0 radical (unpaired) electrons. The van der Waals surface area contributed by atoms with E-state index in [1.165, 1.54) is 6.08 Å². The van der Waals surface area contributed by atoms with Crippen LogP contribution in [0.4, 0.5) is 0 Å². The monoisotopic (exact) mass is 274 g/mol. The van der Waals surface area contributed by atoms with Crippen molar-refractivity contribution >= 4 is 14.5 Å². The Balaban J connectivity index is 4.67. The van der Waals surface area contributed by atoms with Gasteiger partial charge in [-0.1, -0.05) is 13.0 Å². The maximum atomic E-state index is 11.4. The first kappa shape index (κ1) is 17.3. The van der Waals surface area contributed by atoms with Gasteiger partial charge in [0.1, 0.15) is 6.23 Å². The predicted octanol–water partition coefficient (Wildman–Crippen LogP) is 2.96. The second-order valence-electron chi connectivity index (χ2n) is 4.71. The van der Waals surface area contributed by atoms with Gasteiger partial charge in [-0.3, -0.25) is 0 Å². The third-order valence-corrected chi connectivity index (χ3v) is 5.64. The van der Waals surface area contributed by atoms with Crippen LogP contribution >= 0.6 is 0 Å². The first-order valence-corrected chi connectivity index (χ1v) is 8.73. The van der Waals surface area contributed by atoms with Gasteiger partial charge < -0.3 is 13.6 Å². The van der Waals surface area contributed by atoms with E-state index < -0.39 is 8.56 Å². The average molecular weight is 274 g/mol. The molecule has 0 aromatic carbocycles. The molecule has 0 aliphatic heterocycles. The first-order valence-electron chi connectivity index (χ1n) is 6.50. The SMILES string of the molecule is CC=CC(=O)OC[Si](CC)(OC(C)C)OC(C)C. The molecule has 0 heterocycles. The van der Waals surface area contributed by atoms with Gasteiger partial charge in [0.25, 0.3) is 0 Å². The van der Waals surface area contributed by atoms with Gasteiger partial charge in [0, 0.05) is 18.3 Å². The third-order valence-electron chi connectivity index (χ3n) is 2.18. The molecule has 0 fully saturated rings. The fraction of sp³-hybridized carbons (Fsp3) is 0.769. The number of esters is 1. The number of carbonyl (C=O) groups is 1. The molecule has 0 N–H and O–H groups in total. The summed E-state index contributed by atoms with van der Waals surface area (Å²) in [6.07, 6.45) is 3.43. The summed E-state index contributed by atoms with van der Waals surface area (Å²) in [6.45, 7) is 11.7. The molecule has 106 valence electrons. The minimum Gasteiger partial charge on any atom is -0.461 e. The summed E-state index contributed by atoms with van der Waals surface area (Å²) in [6, 6.07) is 0.756. The van der Waals surface area contributed by atoms with E-state index in [0.29, 0.717) is 0 Å². The van der Waals surface area contributed by atoms with E-state index in [-0.39, 0.29) is 24.4 Å². The maximum Gasteiger partial charge on any atom is 0.377 e. The van der Waals surface area contributed by atoms with Crippen molar-refractivity contribution in [3.8, 4) is 0 Å². The van der Waals surface area contributed by atoms with E-state index in [1.54, 1.807) is 13.0 Å². The normalized spacial score (nSPS) is 12.7. The third kappa shape index (κ3) is 6.93. The van der Waals surface area contributed by atoms with Crippen LogP contribution in [-0.4, -0.2) is 33.0 Å². The van der Waals surface area contributed by atoms with Crippen LogP contribution in [0.2, 0.25) is 6.04 Å². The van der Waals surface area contributed by atoms with E-state index in [4.69, 9.17) is 13.6 Å². The molecule has 0 atom stereocenters. The number of carbonyl (C=O) groups excluding carboxylic acids is 1. The standard InChI is InChI=1S/C13H26O4Si/c1-7-9-13(14)15-10-18(8-2,16-11(3)4)17-12(5)6/h7,9,11-12H,8,10H2,1-6H3. The van der Waals surface area contributed by atoms with E-state index in [2.05, 4.69) is 0 Å². The van der Waals surface area contributed by atoms with Crippen molar-refractivity contribution in [3.05, 3.63) is 12.2 Å². The van der Waals surface area contributed by atoms with Crippen LogP contribution in [0.5, 0.6) is 0 Å². The van der Waals surface area contributed by atoms with Gasteiger partial charge in [-0.15, -0.1) is 0 Å². The Morgan fingerprint density at radius 1 is 1.17 bits per heavy atom. The molecule has 0 unspecified atom stereocenters. The second-order valence-corrected chi connectivity index (χ2v) is 7.99. The van der Waals surface area contributed by atoms with E-state index >= 15 is 0 Å². The highest BCUT2D eigenvalue weighted by atomic mass is 28.4. The smallest absolute Gasteiger partial charge is 0.377 e. The summed E-state index contributed by atoms with van der Waals surface area (Å²) < 4.78 is 17.1. The summed E-state index contributed by atoms with van der Waals surface area (Å²) in [7, 11) is -2.46. The topological polar surface area (TPSA) is 44.8 Å². The lowest BCUT2D eigenvalue weighted by atomic mass is 10.5. The van der Waals surface area contributed by atoms with Crippen molar-refractivity contribution in [2.45, 2.75) is 59.8 Å². The van der Waals surface area contributed by atoms with Gasteiger partial charge in [-0.2, -0.15) is 0 Å². The zero-order valence-electron chi connectivity index (χ0n) is 12.4. The molecule has 4 nitrogen and oxygen atoms in total. The van der Waals surface area contributed by atoms with Gasteiger partial charge in [0.2, 0.25) is 0 Å². The molecule has 18 heavy (non-hydrogen) atoms. The zero-order chi connectivity index (χ0) is 14.2. The van der Waals surface area contributed by atoms with E-state index in [9.17, 15) is 4.79 Å². The number of hydrogen-bond acceptors (Lipinski definition) is 4. The fourth-order valence-electron chi connectivity index (χ4n) is 1.59. The van der Waals surface area contributed by atoms with Crippen LogP contribution in [0.25, 0.3) is 0 Å². The van der Waals surface area contributed by atoms with Gasteiger partial charge in [0.15, 0.2) is 0 Å². The Morgan fingerprint density at radius 2 is 1.67 bits per heavy atom. The Bertz CT molecular complexity index is 264. The summed E-state index contributed by atoms with van der Waals surface area (Å²) in [5.74, 6) is -0.345. The molecule has 0 saturated carbocycles. The maximum absolute atomic E-state index is 11.4. The van der Waals surface area contributed by atoms with E-state index in [0.717, 1.165) is 6.04 Å². The molecule has 0 rings (SSSR count). The lowest BCUT2D eigenvalue weighted by Gasteiger charge is -2.32. The Labute approximate surface area is 112 Å². The van der Waals surface area contributed by atoms with Crippen molar-refractivity contribution in [2.75, 3.05) is 6.23 Å². The minimum atomic E-state index is -2.46. The molecule has 5 heteroatoms. The van der Waals surface area contributed by atoms with E-state index in [1.807, 2.05) is 34.6 Å². The number of ether oxygens (including phenoxy) is 1. The molecule has 0 aromatic rings. The summed E-state index contributed by atoms with van der Waals surface area (Å²) in [5, 5.41) is 0. The number of allylic oxidation sites excluding steroid dienone is 1. The highest BCUT2D eigenvalue weighted by Gasteiger charge is 2.39. The molecular weight excluding hydrogens is 248 g/mol. The number of rotatable bonds is 8. The van der Waals surface area contributed by atoms with Gasteiger partial charge >= 0.3 is 14.5 Å². The fourth-order valence-corrected chi connectivity index (χ4v) is 4.40. The van der Waals surface area contributed by atoms with Crippen molar-refractivity contribution in [1.29, 1.82) is 0 Å². The van der Waals surface area contributed by atoms with Gasteiger partial charge in [0.05, 0.1) is 0 Å². The molecule has 0 bridgehead atoms. The molecular formula is C13H26O4Si. The lowest BCUT2D eigenvalue weighted by molar-refractivity contribution is -0.137. The van der Waals surface area contributed by atoms with Crippen LogP contribution in [0.15, 0.2) is 12.2 Å². The Hall–Kier alpha value is -0.653. The zero-order valence-corrected chi connectivity index (χ0v) is 13.4. The number of hydrogen-bond donors (Lipinski definition) is 0. The van der Waals surface area contributed by atoms with Crippen LogP contribution in [0, 0.1) is 0 Å². The van der Waals surface area contributed by atoms with Crippen LogP contribution < -0.4 is 0 Å². The Kier molecular flexibility index (Phi) is 8.14. The summed E-state index contributed by atoms with van der Waals surface area (Å²) in [5.41, 5.74) is 0.